The molecule has 3 rings (SSSR count). The van der Waals surface area contributed by atoms with Crippen LogP contribution in [0, 0.1) is 5.92 Å². The first-order valence-electron chi connectivity index (χ1n) is 7.47. The summed E-state index contributed by atoms with van der Waals surface area (Å²) in [5.41, 5.74) is 2.77. The maximum atomic E-state index is 11.5. The van der Waals surface area contributed by atoms with Gasteiger partial charge in [0.25, 0.3) is 0 Å². The fraction of sp³-hybridized carbons (Fsp3) is 0.562. The van der Waals surface area contributed by atoms with Gasteiger partial charge in [-0.05, 0) is 30.4 Å². The Balaban J connectivity index is 1.45. The highest BCUT2D eigenvalue weighted by Crippen LogP contribution is 2.28. The summed E-state index contributed by atoms with van der Waals surface area (Å²) in [5.74, 6) is 0.317. The van der Waals surface area contributed by atoms with E-state index >= 15 is 0 Å². The van der Waals surface area contributed by atoms with E-state index in [1.165, 1.54) is 11.1 Å². The summed E-state index contributed by atoms with van der Waals surface area (Å²) in [5, 5.41) is 12.9. The van der Waals surface area contributed by atoms with E-state index in [-0.39, 0.29) is 11.8 Å². The predicted octanol–water partition coefficient (Wildman–Crippen LogP) is 0.932. The Morgan fingerprint density at radius 1 is 1.35 bits per heavy atom. The molecule has 0 bridgehead atoms. The van der Waals surface area contributed by atoms with Crippen LogP contribution in [-0.4, -0.2) is 41.7 Å². The second kappa shape index (κ2) is 5.94. The Morgan fingerprint density at radius 3 is 2.85 bits per heavy atom. The molecule has 1 aliphatic carbocycles. The Morgan fingerprint density at radius 2 is 2.10 bits per heavy atom. The molecular formula is C16H22N2O2. The summed E-state index contributed by atoms with van der Waals surface area (Å²) >= 11 is 0. The second-order valence-corrected chi connectivity index (χ2v) is 5.93. The van der Waals surface area contributed by atoms with Crippen molar-refractivity contribution in [2.45, 2.75) is 31.9 Å². The lowest BCUT2D eigenvalue weighted by molar-refractivity contribution is -0.122. The standard InChI is InChI=1S/C16H22N2O2/c19-15(9-17-16(20)13-5-6-13)11-18-8-7-12-3-1-2-4-14(12)10-18/h1-4,13,15,19H,5-11H2,(H,17,20). The van der Waals surface area contributed by atoms with E-state index in [2.05, 4.69) is 34.5 Å². The monoisotopic (exact) mass is 274 g/mol. The van der Waals surface area contributed by atoms with E-state index in [4.69, 9.17) is 0 Å². The molecule has 1 atom stereocenters. The summed E-state index contributed by atoms with van der Waals surface area (Å²) in [6, 6.07) is 8.48. The number of nitrogens with zero attached hydrogens (tertiary/aromatic N) is 1. The van der Waals surface area contributed by atoms with Gasteiger partial charge in [-0.15, -0.1) is 0 Å². The number of aliphatic hydroxyl groups excluding tert-OH is 1. The third kappa shape index (κ3) is 3.38. The quantitative estimate of drug-likeness (QED) is 0.840. The average Bonchev–Trinajstić information content (AvgIpc) is 3.29. The molecule has 4 nitrogen and oxygen atoms in total. The number of nitrogens with one attached hydrogen (secondary N) is 1. The zero-order valence-corrected chi connectivity index (χ0v) is 11.7. The molecule has 1 fully saturated rings. The lowest BCUT2D eigenvalue weighted by Gasteiger charge is -2.30. The molecule has 1 amide bonds. The fourth-order valence-electron chi connectivity index (χ4n) is 2.78. The van der Waals surface area contributed by atoms with Crippen molar-refractivity contribution in [3.63, 3.8) is 0 Å². The number of carbonyl (C=O) groups excluding carboxylic acids is 1. The number of hydrogen-bond donors (Lipinski definition) is 2. The van der Waals surface area contributed by atoms with E-state index in [0.29, 0.717) is 13.1 Å². The summed E-state index contributed by atoms with van der Waals surface area (Å²) in [4.78, 5) is 13.8. The Bertz CT molecular complexity index is 485. The van der Waals surface area contributed by atoms with Crippen molar-refractivity contribution >= 4 is 5.91 Å². The van der Waals surface area contributed by atoms with Crippen LogP contribution >= 0.6 is 0 Å². The highest BCUT2D eigenvalue weighted by atomic mass is 16.3. The highest BCUT2D eigenvalue weighted by Gasteiger charge is 2.29. The highest BCUT2D eigenvalue weighted by molar-refractivity contribution is 5.80. The minimum absolute atomic E-state index is 0.105. The third-order valence-corrected chi connectivity index (χ3v) is 4.14. The van der Waals surface area contributed by atoms with Gasteiger partial charge in [0.15, 0.2) is 0 Å². The molecule has 108 valence electrons. The summed E-state index contributed by atoms with van der Waals surface area (Å²) < 4.78 is 0. The van der Waals surface area contributed by atoms with Crippen LogP contribution in [0.5, 0.6) is 0 Å². The SMILES string of the molecule is O=C(NCC(O)CN1CCc2ccccc2C1)C1CC1. The number of rotatable bonds is 5. The number of fused-ring (bicyclic) bond motifs is 1. The first-order valence-corrected chi connectivity index (χ1v) is 7.47. The van der Waals surface area contributed by atoms with Gasteiger partial charge >= 0.3 is 0 Å². The maximum Gasteiger partial charge on any atom is 0.223 e. The zero-order valence-electron chi connectivity index (χ0n) is 11.7. The molecule has 1 aromatic carbocycles. The molecule has 1 saturated carbocycles. The van der Waals surface area contributed by atoms with Crippen molar-refractivity contribution < 1.29 is 9.90 Å². The first kappa shape index (κ1) is 13.6. The molecule has 4 heteroatoms. The minimum Gasteiger partial charge on any atom is -0.390 e. The molecule has 0 radical (unpaired) electrons. The molecule has 2 N–H and O–H groups in total. The molecule has 1 aliphatic heterocycles. The average molecular weight is 274 g/mol. The molecule has 0 aromatic heterocycles. The van der Waals surface area contributed by atoms with Crippen molar-refractivity contribution in [3.05, 3.63) is 35.4 Å². The van der Waals surface area contributed by atoms with Gasteiger partial charge in [0.1, 0.15) is 0 Å². The van der Waals surface area contributed by atoms with Crippen LogP contribution in [0.15, 0.2) is 24.3 Å². The number of β-amino-alcohol motifs (C(OH)–C–C–N with tert-alkyl or cyclic N) is 1. The van der Waals surface area contributed by atoms with Crippen LogP contribution < -0.4 is 5.32 Å². The number of aliphatic hydroxyl groups is 1. The third-order valence-electron chi connectivity index (χ3n) is 4.14. The Hall–Kier alpha value is -1.39. The largest absolute Gasteiger partial charge is 0.390 e. The number of hydrogen-bond acceptors (Lipinski definition) is 3. The van der Waals surface area contributed by atoms with Gasteiger partial charge in [0.05, 0.1) is 6.10 Å². The van der Waals surface area contributed by atoms with Crippen molar-refractivity contribution in [3.8, 4) is 0 Å². The number of amides is 1. The van der Waals surface area contributed by atoms with Crippen LogP contribution in [0.25, 0.3) is 0 Å². The topological polar surface area (TPSA) is 52.6 Å². The molecular weight excluding hydrogens is 252 g/mol. The molecule has 0 spiro atoms. The van der Waals surface area contributed by atoms with Crippen LogP contribution in [0.4, 0.5) is 0 Å². The Kier molecular flexibility index (Phi) is 4.03. The van der Waals surface area contributed by atoms with Gasteiger partial charge in [-0.3, -0.25) is 9.69 Å². The van der Waals surface area contributed by atoms with E-state index in [9.17, 15) is 9.90 Å². The fourth-order valence-corrected chi connectivity index (χ4v) is 2.78. The molecule has 1 unspecified atom stereocenters. The van der Waals surface area contributed by atoms with E-state index in [1.807, 2.05) is 0 Å². The van der Waals surface area contributed by atoms with Crippen molar-refractivity contribution in [1.29, 1.82) is 0 Å². The molecule has 1 aromatic rings. The van der Waals surface area contributed by atoms with Gasteiger partial charge in [-0.2, -0.15) is 0 Å². The molecule has 2 aliphatic rings. The molecule has 0 saturated heterocycles. The molecule has 20 heavy (non-hydrogen) atoms. The summed E-state index contributed by atoms with van der Waals surface area (Å²) in [7, 11) is 0. The Labute approximate surface area is 119 Å². The van der Waals surface area contributed by atoms with E-state index in [1.54, 1.807) is 0 Å². The van der Waals surface area contributed by atoms with Crippen molar-refractivity contribution in [2.24, 2.45) is 5.92 Å². The minimum atomic E-state index is -0.483. The van der Waals surface area contributed by atoms with Gasteiger partial charge in [0, 0.05) is 32.1 Å². The van der Waals surface area contributed by atoms with Crippen LogP contribution in [0.2, 0.25) is 0 Å². The zero-order chi connectivity index (χ0) is 13.9. The van der Waals surface area contributed by atoms with E-state index in [0.717, 1.165) is 32.4 Å². The first-order chi connectivity index (χ1) is 9.72. The van der Waals surface area contributed by atoms with Gasteiger partial charge in [-0.25, -0.2) is 0 Å². The van der Waals surface area contributed by atoms with E-state index < -0.39 is 6.10 Å². The van der Waals surface area contributed by atoms with Gasteiger partial charge < -0.3 is 10.4 Å². The number of benzene rings is 1. The lowest BCUT2D eigenvalue weighted by atomic mass is 10.00. The normalized spacial score (nSPS) is 20.2. The summed E-state index contributed by atoms with van der Waals surface area (Å²) in [6.45, 7) is 2.86. The van der Waals surface area contributed by atoms with Crippen molar-refractivity contribution in [2.75, 3.05) is 19.6 Å². The maximum absolute atomic E-state index is 11.5. The predicted molar refractivity (Wildman–Crippen MR) is 77.2 cm³/mol. The summed E-state index contributed by atoms with van der Waals surface area (Å²) in [6.07, 6.45) is 2.57. The molecule has 1 heterocycles. The van der Waals surface area contributed by atoms with Crippen LogP contribution in [0.3, 0.4) is 0 Å². The van der Waals surface area contributed by atoms with Gasteiger partial charge in [-0.1, -0.05) is 24.3 Å². The van der Waals surface area contributed by atoms with Crippen molar-refractivity contribution in [1.82, 2.24) is 10.2 Å². The lowest BCUT2D eigenvalue weighted by Crippen LogP contribution is -2.42. The van der Waals surface area contributed by atoms with Crippen LogP contribution in [-0.2, 0) is 17.8 Å². The van der Waals surface area contributed by atoms with Gasteiger partial charge in [0.2, 0.25) is 5.91 Å². The smallest absolute Gasteiger partial charge is 0.223 e. The number of carbonyl (C=O) groups is 1. The second-order valence-electron chi connectivity index (χ2n) is 5.93. The van der Waals surface area contributed by atoms with Crippen LogP contribution in [0.1, 0.15) is 24.0 Å².